The van der Waals surface area contributed by atoms with Crippen molar-refractivity contribution in [3.05, 3.63) is 83.0 Å². The van der Waals surface area contributed by atoms with Gasteiger partial charge in [-0.2, -0.15) is 0 Å². The number of nitrogens with zero attached hydrogens (tertiary/aromatic N) is 2. The molecule has 2 aromatic rings. The largest absolute Gasteiger partial charge is 0.479 e. The number of Topliss-reactive ketones (excluding diaryl/α,β-unsaturated/α-hetero) is 1. The lowest BCUT2D eigenvalue weighted by molar-refractivity contribution is -0.145. The number of ketones is 1. The number of aromatic nitrogens is 2. The second-order valence-electron chi connectivity index (χ2n) is 9.57. The first-order valence-electron chi connectivity index (χ1n) is 12.5. The molecule has 3 atom stereocenters. The molecule has 0 aliphatic rings. The van der Waals surface area contributed by atoms with Crippen LogP contribution in [0.5, 0.6) is 0 Å². The summed E-state index contributed by atoms with van der Waals surface area (Å²) >= 11 is 0. The van der Waals surface area contributed by atoms with E-state index in [9.17, 15) is 18.4 Å². The monoisotopic (exact) mass is 559 g/mol. The summed E-state index contributed by atoms with van der Waals surface area (Å²) in [7, 11) is 1.71. The Labute approximate surface area is 230 Å². The van der Waals surface area contributed by atoms with E-state index in [0.29, 0.717) is 40.0 Å². The van der Waals surface area contributed by atoms with Crippen molar-refractivity contribution >= 4 is 32.4 Å². The van der Waals surface area contributed by atoms with Gasteiger partial charge in [-0.1, -0.05) is 42.3 Å². The Morgan fingerprint density at radius 1 is 1.21 bits per heavy atom. The summed E-state index contributed by atoms with van der Waals surface area (Å²) in [6.07, 6.45) is 1.83. The van der Waals surface area contributed by atoms with E-state index in [1.165, 1.54) is 18.4 Å². The van der Waals surface area contributed by atoms with Crippen molar-refractivity contribution in [2.45, 2.75) is 71.1 Å². The Hall–Kier alpha value is -3.45. The van der Waals surface area contributed by atoms with Crippen molar-refractivity contribution in [1.29, 1.82) is 0 Å². The van der Waals surface area contributed by atoms with E-state index in [1.807, 2.05) is 6.92 Å². The van der Waals surface area contributed by atoms with E-state index in [4.69, 9.17) is 15.6 Å². The number of alkyl halides is 1. The summed E-state index contributed by atoms with van der Waals surface area (Å²) in [5.41, 5.74) is 8.13. The number of aliphatic carboxylic acids is 1. The molecule has 10 heteroatoms. The first-order valence-corrected chi connectivity index (χ1v) is 13.1. The number of carbonyl (C=O) groups excluding carboxylic acids is 1. The highest BCUT2D eigenvalue weighted by atomic mass is 31.0. The molecule has 1 aromatic carbocycles. The van der Waals surface area contributed by atoms with Crippen LogP contribution in [0.4, 0.5) is 14.6 Å². The number of halogens is 2. The van der Waals surface area contributed by atoms with Gasteiger partial charge >= 0.3 is 5.97 Å². The highest BCUT2D eigenvalue weighted by Gasteiger charge is 2.42. The Bertz CT molecular complexity index is 1320. The molecule has 0 radical (unpaired) electrons. The van der Waals surface area contributed by atoms with Gasteiger partial charge in [0.25, 0.3) is 0 Å². The minimum atomic E-state index is -2.46. The topological polar surface area (TPSA) is 115 Å². The Kier molecular flexibility index (Phi) is 10.3. The van der Waals surface area contributed by atoms with E-state index in [2.05, 4.69) is 23.1 Å². The zero-order valence-corrected chi connectivity index (χ0v) is 24.2. The fourth-order valence-corrected chi connectivity index (χ4v) is 4.41. The highest BCUT2D eigenvalue weighted by molar-refractivity contribution is 7.20. The van der Waals surface area contributed by atoms with Crippen LogP contribution >= 0.6 is 9.24 Å². The van der Waals surface area contributed by atoms with Gasteiger partial charge in [0, 0.05) is 23.3 Å². The van der Waals surface area contributed by atoms with Gasteiger partial charge in [-0.05, 0) is 68.9 Å². The standard InChI is InChI=1S/C29H36F2N3O4P/c1-8-20(12-13-29(31,39)27(36)37)15-38-19(6)28(7,23(35)9-2)24-18(5)33-26(34-25(24)32)17(4)22-11-10-21(30)14-16(22)3/h10-11,14-15H,4,6,8-9,12-13,39H2,1-3,5,7H3,(H,36,37)(H2,32,33,34)/b20-15+. The van der Waals surface area contributed by atoms with E-state index < -0.39 is 16.8 Å². The van der Waals surface area contributed by atoms with Gasteiger partial charge in [0.1, 0.15) is 22.8 Å². The van der Waals surface area contributed by atoms with Gasteiger partial charge in [0.15, 0.2) is 11.6 Å². The van der Waals surface area contributed by atoms with Crippen LogP contribution in [0.3, 0.4) is 0 Å². The van der Waals surface area contributed by atoms with Crippen LogP contribution in [0, 0.1) is 19.7 Å². The fourth-order valence-electron chi connectivity index (χ4n) is 4.26. The molecule has 0 saturated carbocycles. The van der Waals surface area contributed by atoms with Gasteiger partial charge in [-0.3, -0.25) is 4.79 Å². The minimum Gasteiger partial charge on any atom is -0.479 e. The molecule has 0 amide bonds. The van der Waals surface area contributed by atoms with E-state index in [0.717, 1.165) is 0 Å². The number of nitrogens with two attached hydrogens (primary N) is 1. The van der Waals surface area contributed by atoms with Gasteiger partial charge in [0.2, 0.25) is 5.41 Å². The third kappa shape index (κ3) is 6.95. The third-order valence-corrected chi connectivity index (χ3v) is 7.36. The number of anilines is 1. The van der Waals surface area contributed by atoms with Crippen LogP contribution in [0.15, 0.2) is 49.0 Å². The summed E-state index contributed by atoms with van der Waals surface area (Å²) in [4.78, 5) is 33.4. The number of benzene rings is 1. The second-order valence-corrected chi connectivity index (χ2v) is 10.5. The lowest BCUT2D eigenvalue weighted by Gasteiger charge is -2.31. The normalized spacial score (nSPS) is 14.7. The molecule has 0 bridgehead atoms. The van der Waals surface area contributed by atoms with Crippen molar-refractivity contribution in [2.75, 3.05) is 5.73 Å². The summed E-state index contributed by atoms with van der Waals surface area (Å²) in [6.45, 7) is 16.7. The second kappa shape index (κ2) is 12.6. The molecule has 3 N–H and O–H groups in total. The number of hydrogen-bond acceptors (Lipinski definition) is 6. The average Bonchev–Trinajstić information content (AvgIpc) is 2.86. The van der Waals surface area contributed by atoms with Gasteiger partial charge in [-0.15, -0.1) is 0 Å². The van der Waals surface area contributed by atoms with Crippen LogP contribution in [0.2, 0.25) is 0 Å². The third-order valence-electron chi connectivity index (χ3n) is 6.83. The zero-order valence-electron chi connectivity index (χ0n) is 23.0. The molecule has 2 rings (SSSR count). The van der Waals surface area contributed by atoms with Crippen molar-refractivity contribution in [3.63, 3.8) is 0 Å². The molecule has 1 heterocycles. The fraction of sp³-hybridized carbons (Fsp3) is 0.379. The molecule has 7 nitrogen and oxygen atoms in total. The number of rotatable bonds is 13. The summed E-state index contributed by atoms with van der Waals surface area (Å²) in [5.74, 6) is -1.84. The molecule has 210 valence electrons. The van der Waals surface area contributed by atoms with Crippen LogP contribution in [0.25, 0.3) is 5.57 Å². The number of carbonyl (C=O) groups is 2. The van der Waals surface area contributed by atoms with Crippen LogP contribution in [-0.2, 0) is 19.7 Å². The molecule has 0 saturated heterocycles. The maximum atomic E-state index is 14.2. The van der Waals surface area contributed by atoms with E-state index >= 15 is 0 Å². The smallest absolute Gasteiger partial charge is 0.345 e. The van der Waals surface area contributed by atoms with Crippen molar-refractivity contribution in [1.82, 2.24) is 9.97 Å². The molecule has 0 fully saturated rings. The van der Waals surface area contributed by atoms with Gasteiger partial charge in [-0.25, -0.2) is 23.5 Å². The molecule has 3 unspecified atom stereocenters. The minimum absolute atomic E-state index is 0.0406. The van der Waals surface area contributed by atoms with Crippen molar-refractivity contribution < 1.29 is 28.2 Å². The summed E-state index contributed by atoms with van der Waals surface area (Å²) < 4.78 is 33.6. The number of allylic oxidation sites excluding steroid dienone is 2. The predicted molar refractivity (Wildman–Crippen MR) is 152 cm³/mol. The Morgan fingerprint density at radius 3 is 2.36 bits per heavy atom. The number of ether oxygens (including phenoxy) is 1. The van der Waals surface area contributed by atoms with Crippen molar-refractivity contribution in [2.24, 2.45) is 0 Å². The molecule has 39 heavy (non-hydrogen) atoms. The predicted octanol–water partition coefficient (Wildman–Crippen LogP) is 6.34. The lowest BCUT2D eigenvalue weighted by atomic mass is 9.75. The van der Waals surface area contributed by atoms with Crippen LogP contribution in [0.1, 0.15) is 74.7 Å². The molecular weight excluding hydrogens is 523 g/mol. The quantitative estimate of drug-likeness (QED) is 0.217. The SMILES string of the molecule is C=C(c1nc(C)c(C(C)(C(=C)O/C=C(\CC)CCC(F)(P)C(=O)O)C(=O)CC)c(N)n1)c1ccc(F)cc1C. The lowest BCUT2D eigenvalue weighted by Crippen LogP contribution is -2.37. The first kappa shape index (κ1) is 31.8. The number of aryl methyl sites for hydroxylation is 2. The number of carboxylic acid groups (broad SMARTS) is 1. The maximum Gasteiger partial charge on any atom is 0.345 e. The number of carboxylic acids is 1. The number of nitrogen functional groups attached to an aromatic ring is 1. The Balaban J connectivity index is 2.46. The highest BCUT2D eigenvalue weighted by Crippen LogP contribution is 2.39. The maximum absolute atomic E-state index is 14.2. The molecule has 1 aromatic heterocycles. The van der Waals surface area contributed by atoms with Crippen molar-refractivity contribution in [3.8, 4) is 0 Å². The van der Waals surface area contributed by atoms with Crippen LogP contribution < -0.4 is 5.73 Å². The summed E-state index contributed by atoms with van der Waals surface area (Å²) in [5, 5.41) is 6.56. The molecular formula is C29H36F2N3O4P. The van der Waals surface area contributed by atoms with Crippen LogP contribution in [-0.4, -0.2) is 32.2 Å². The van der Waals surface area contributed by atoms with Gasteiger partial charge in [0.05, 0.1) is 6.26 Å². The molecule has 0 aliphatic heterocycles. The molecule has 0 aliphatic carbocycles. The zero-order chi connectivity index (χ0) is 29.7. The first-order chi connectivity index (χ1) is 18.1. The van der Waals surface area contributed by atoms with E-state index in [-0.39, 0.29) is 48.3 Å². The number of hydrogen-bond donors (Lipinski definition) is 2. The summed E-state index contributed by atoms with van der Waals surface area (Å²) in [6, 6.07) is 4.30. The average molecular weight is 560 g/mol. The van der Waals surface area contributed by atoms with Gasteiger partial charge < -0.3 is 15.6 Å². The Morgan fingerprint density at radius 2 is 1.85 bits per heavy atom. The molecule has 0 spiro atoms. The van der Waals surface area contributed by atoms with E-state index in [1.54, 1.807) is 43.0 Å².